The van der Waals surface area contributed by atoms with Crippen molar-refractivity contribution >= 4 is 17.7 Å². The number of nitrogens with zero attached hydrogens (tertiary/aromatic N) is 3. The molecular formula is C20H27N3O4S. The van der Waals surface area contributed by atoms with Gasteiger partial charge in [0.15, 0.2) is 0 Å². The van der Waals surface area contributed by atoms with Crippen LogP contribution in [-0.4, -0.2) is 54.1 Å². The lowest BCUT2D eigenvalue weighted by Crippen LogP contribution is -2.40. The molecule has 1 heterocycles. The van der Waals surface area contributed by atoms with E-state index in [0.717, 1.165) is 18.8 Å². The lowest BCUT2D eigenvalue weighted by Gasteiger charge is -2.33. The summed E-state index contributed by atoms with van der Waals surface area (Å²) in [6.07, 6.45) is 4.53. The molecule has 1 aromatic carbocycles. The second-order valence-corrected chi connectivity index (χ2v) is 8.07. The SMILES string of the molecule is COc1ccc(-c2nnc(SCC(=O)N(C)C3CCC(C)CC3)o2)c(OC)c1. The van der Waals surface area contributed by atoms with Crippen LogP contribution in [0.25, 0.3) is 11.5 Å². The fourth-order valence-electron chi connectivity index (χ4n) is 3.41. The number of benzene rings is 1. The summed E-state index contributed by atoms with van der Waals surface area (Å²) in [7, 11) is 5.06. The van der Waals surface area contributed by atoms with Gasteiger partial charge in [-0.1, -0.05) is 18.7 Å². The second-order valence-electron chi connectivity index (χ2n) is 7.15. The van der Waals surface area contributed by atoms with E-state index in [-0.39, 0.29) is 11.7 Å². The zero-order chi connectivity index (χ0) is 20.1. The summed E-state index contributed by atoms with van der Waals surface area (Å²) in [5, 5.41) is 8.51. The standard InChI is InChI=1S/C20H27N3O4S/c1-13-5-7-14(8-6-13)23(2)18(24)12-28-20-22-21-19(27-20)16-10-9-15(25-3)11-17(16)26-4/h9-11,13-14H,5-8,12H2,1-4H3. The lowest BCUT2D eigenvalue weighted by molar-refractivity contribution is -0.129. The van der Waals surface area contributed by atoms with Gasteiger partial charge in [0, 0.05) is 19.2 Å². The van der Waals surface area contributed by atoms with Crippen molar-refractivity contribution in [1.82, 2.24) is 15.1 Å². The van der Waals surface area contributed by atoms with E-state index in [0.29, 0.717) is 34.2 Å². The van der Waals surface area contributed by atoms with Crippen molar-refractivity contribution in [3.8, 4) is 23.0 Å². The van der Waals surface area contributed by atoms with Gasteiger partial charge in [0.1, 0.15) is 11.5 Å². The van der Waals surface area contributed by atoms with Gasteiger partial charge in [-0.3, -0.25) is 4.79 Å². The van der Waals surface area contributed by atoms with E-state index >= 15 is 0 Å². The molecule has 0 atom stereocenters. The topological polar surface area (TPSA) is 77.7 Å². The van der Waals surface area contributed by atoms with Gasteiger partial charge < -0.3 is 18.8 Å². The summed E-state index contributed by atoms with van der Waals surface area (Å²) >= 11 is 1.26. The lowest BCUT2D eigenvalue weighted by atomic mass is 9.87. The van der Waals surface area contributed by atoms with Crippen LogP contribution in [0.2, 0.25) is 0 Å². The Labute approximate surface area is 169 Å². The Balaban J connectivity index is 1.60. The molecule has 1 aliphatic carbocycles. The number of carbonyl (C=O) groups excluding carboxylic acids is 1. The van der Waals surface area contributed by atoms with Crippen molar-refractivity contribution in [2.75, 3.05) is 27.0 Å². The summed E-state index contributed by atoms with van der Waals surface area (Å²) in [4.78, 5) is 14.4. The Morgan fingerprint density at radius 1 is 1.21 bits per heavy atom. The molecule has 0 bridgehead atoms. The van der Waals surface area contributed by atoms with Crippen LogP contribution in [0.15, 0.2) is 27.8 Å². The third-order valence-corrected chi connectivity index (χ3v) is 6.09. The predicted molar refractivity (Wildman–Crippen MR) is 108 cm³/mol. The highest BCUT2D eigenvalue weighted by molar-refractivity contribution is 7.99. The molecule has 1 aromatic heterocycles. The van der Waals surface area contributed by atoms with Crippen molar-refractivity contribution in [1.29, 1.82) is 0 Å². The van der Waals surface area contributed by atoms with E-state index < -0.39 is 0 Å². The quantitative estimate of drug-likeness (QED) is 0.647. The van der Waals surface area contributed by atoms with Gasteiger partial charge in [0.2, 0.25) is 5.91 Å². The minimum absolute atomic E-state index is 0.0892. The molecule has 1 saturated carbocycles. The molecule has 0 saturated heterocycles. The molecule has 0 unspecified atom stereocenters. The Kier molecular flexibility index (Phi) is 6.83. The Hall–Kier alpha value is -2.22. The van der Waals surface area contributed by atoms with E-state index in [9.17, 15) is 4.79 Å². The largest absolute Gasteiger partial charge is 0.497 e. The molecule has 152 valence electrons. The monoisotopic (exact) mass is 405 g/mol. The zero-order valence-electron chi connectivity index (χ0n) is 16.8. The van der Waals surface area contributed by atoms with Gasteiger partial charge in [0.05, 0.1) is 25.5 Å². The van der Waals surface area contributed by atoms with E-state index in [1.54, 1.807) is 26.4 Å². The third-order valence-electron chi connectivity index (χ3n) is 5.29. The zero-order valence-corrected chi connectivity index (χ0v) is 17.6. The predicted octanol–water partition coefficient (Wildman–Crippen LogP) is 3.88. The van der Waals surface area contributed by atoms with Crippen molar-refractivity contribution < 1.29 is 18.7 Å². The number of ether oxygens (including phenoxy) is 2. The van der Waals surface area contributed by atoms with Crippen LogP contribution in [0.5, 0.6) is 11.5 Å². The second kappa shape index (κ2) is 9.32. The van der Waals surface area contributed by atoms with Gasteiger partial charge in [-0.25, -0.2) is 0 Å². The molecule has 2 aromatic rings. The van der Waals surface area contributed by atoms with Crippen LogP contribution < -0.4 is 9.47 Å². The molecule has 8 heteroatoms. The van der Waals surface area contributed by atoms with Crippen LogP contribution in [0.4, 0.5) is 0 Å². The Morgan fingerprint density at radius 2 is 1.96 bits per heavy atom. The van der Waals surface area contributed by atoms with E-state index in [1.807, 2.05) is 18.0 Å². The summed E-state index contributed by atoms with van der Waals surface area (Å²) < 4.78 is 16.3. The molecule has 0 radical (unpaired) electrons. The maximum atomic E-state index is 12.5. The van der Waals surface area contributed by atoms with Crippen molar-refractivity contribution in [2.45, 2.75) is 43.9 Å². The fourth-order valence-corrected chi connectivity index (χ4v) is 4.10. The van der Waals surface area contributed by atoms with Crippen LogP contribution >= 0.6 is 11.8 Å². The van der Waals surface area contributed by atoms with Gasteiger partial charge in [-0.05, 0) is 43.7 Å². The Bertz CT molecular complexity index is 802. The maximum Gasteiger partial charge on any atom is 0.277 e. The average molecular weight is 406 g/mol. The highest BCUT2D eigenvalue weighted by Crippen LogP contribution is 2.34. The van der Waals surface area contributed by atoms with Crippen LogP contribution in [0.1, 0.15) is 32.6 Å². The maximum absolute atomic E-state index is 12.5. The van der Waals surface area contributed by atoms with Crippen LogP contribution in [0, 0.1) is 5.92 Å². The van der Waals surface area contributed by atoms with Gasteiger partial charge >= 0.3 is 0 Å². The smallest absolute Gasteiger partial charge is 0.277 e. The van der Waals surface area contributed by atoms with Crippen molar-refractivity contribution in [3.05, 3.63) is 18.2 Å². The van der Waals surface area contributed by atoms with E-state index in [1.165, 1.54) is 24.6 Å². The van der Waals surface area contributed by atoms with Gasteiger partial charge in [-0.2, -0.15) is 0 Å². The molecule has 1 amide bonds. The van der Waals surface area contributed by atoms with E-state index in [2.05, 4.69) is 17.1 Å². The number of amides is 1. The first-order valence-corrected chi connectivity index (χ1v) is 10.4. The van der Waals surface area contributed by atoms with Crippen molar-refractivity contribution in [3.63, 3.8) is 0 Å². The number of hydrogen-bond acceptors (Lipinski definition) is 7. The van der Waals surface area contributed by atoms with Crippen LogP contribution in [-0.2, 0) is 4.79 Å². The number of carbonyl (C=O) groups is 1. The first kappa shape index (κ1) is 20.5. The molecule has 0 aliphatic heterocycles. The number of rotatable bonds is 7. The molecule has 3 rings (SSSR count). The first-order valence-electron chi connectivity index (χ1n) is 9.46. The molecule has 0 spiro atoms. The van der Waals surface area contributed by atoms with E-state index in [4.69, 9.17) is 13.9 Å². The Morgan fingerprint density at radius 3 is 2.64 bits per heavy atom. The molecular weight excluding hydrogens is 378 g/mol. The summed E-state index contributed by atoms with van der Waals surface area (Å²) in [6.45, 7) is 2.28. The third kappa shape index (κ3) is 4.79. The summed E-state index contributed by atoms with van der Waals surface area (Å²) in [6, 6.07) is 5.71. The molecule has 28 heavy (non-hydrogen) atoms. The number of aromatic nitrogens is 2. The average Bonchev–Trinajstić information content (AvgIpc) is 3.20. The van der Waals surface area contributed by atoms with Gasteiger partial charge in [0.25, 0.3) is 11.1 Å². The minimum atomic E-state index is 0.0892. The normalized spacial score (nSPS) is 19.3. The number of methoxy groups -OCH3 is 2. The number of hydrogen-bond donors (Lipinski definition) is 0. The fraction of sp³-hybridized carbons (Fsp3) is 0.550. The highest BCUT2D eigenvalue weighted by atomic mass is 32.2. The summed E-state index contributed by atoms with van der Waals surface area (Å²) in [5.41, 5.74) is 0.683. The molecule has 0 N–H and O–H groups in total. The molecule has 1 aliphatic rings. The summed E-state index contributed by atoms with van der Waals surface area (Å²) in [5.74, 6) is 2.75. The molecule has 7 nitrogen and oxygen atoms in total. The van der Waals surface area contributed by atoms with Crippen molar-refractivity contribution in [2.24, 2.45) is 5.92 Å². The van der Waals surface area contributed by atoms with Crippen LogP contribution in [0.3, 0.4) is 0 Å². The molecule has 1 fully saturated rings. The number of thioether (sulfide) groups is 1. The highest BCUT2D eigenvalue weighted by Gasteiger charge is 2.25. The minimum Gasteiger partial charge on any atom is -0.497 e. The first-order chi connectivity index (χ1) is 13.5. The van der Waals surface area contributed by atoms with Gasteiger partial charge in [-0.15, -0.1) is 10.2 Å².